The number of carbonyl (C=O) groups is 4. The fourth-order valence-corrected chi connectivity index (χ4v) is 6.39. The Morgan fingerprint density at radius 1 is 0.977 bits per heavy atom. The molecule has 0 spiro atoms. The Bertz CT molecular complexity index is 1150. The van der Waals surface area contributed by atoms with E-state index in [0.29, 0.717) is 29.7 Å². The van der Waals surface area contributed by atoms with Crippen LogP contribution in [0.15, 0.2) is 24.3 Å². The maximum absolute atomic E-state index is 12.4. The lowest BCUT2D eigenvalue weighted by molar-refractivity contribution is -0.142. The second kappa shape index (κ2) is 18.0. The summed E-state index contributed by atoms with van der Waals surface area (Å²) in [7, 11) is -11.2. The average Bonchev–Trinajstić information content (AvgIpc) is 2.93. The number of hydrogen-bond acceptors (Lipinski definition) is 9. The van der Waals surface area contributed by atoms with E-state index in [9.17, 15) is 33.4 Å². The molecule has 1 rings (SSSR count). The molecule has 20 heteroatoms. The lowest BCUT2D eigenvalue weighted by Crippen LogP contribution is -2.48. The lowest BCUT2D eigenvalue weighted by atomic mass is 10.1. The average molecular weight is 692 g/mol. The summed E-state index contributed by atoms with van der Waals surface area (Å²) in [5, 5.41) is 10.9. The second-order valence-electron chi connectivity index (χ2n) is 9.36. The Hall–Kier alpha value is -2.10. The van der Waals surface area contributed by atoms with Crippen LogP contribution in [0.4, 0.5) is 5.69 Å². The largest absolute Gasteiger partial charge is 0.369 e. The molecule has 9 N–H and O–H groups in total. The Kier molecular flexibility index (Phi) is 16.3. The molecule has 0 fully saturated rings. The molecule has 244 valence electrons. The molecule has 1 aromatic rings. The van der Waals surface area contributed by atoms with Crippen LogP contribution < -0.4 is 21.3 Å². The van der Waals surface area contributed by atoms with Gasteiger partial charge in [-0.2, -0.15) is 0 Å². The van der Waals surface area contributed by atoms with E-state index in [-0.39, 0.29) is 32.2 Å². The van der Waals surface area contributed by atoms with Gasteiger partial charge in [-0.3, -0.25) is 33.2 Å². The number of unbranched alkanes of at least 4 members (excludes halogenated alkanes) is 1. The van der Waals surface area contributed by atoms with E-state index >= 15 is 0 Å². The van der Waals surface area contributed by atoms with E-state index < -0.39 is 63.5 Å². The summed E-state index contributed by atoms with van der Waals surface area (Å²) in [5.41, 5.74) is 7.61. The maximum atomic E-state index is 12.4. The minimum atomic E-state index is -5.58. The number of nitrogens with zero attached hydrogens (tertiary/aromatic N) is 2. The summed E-state index contributed by atoms with van der Waals surface area (Å²) in [6.45, 7) is -0.277. The van der Waals surface area contributed by atoms with Gasteiger partial charge in [0.05, 0.1) is 12.6 Å². The van der Waals surface area contributed by atoms with Crippen LogP contribution in [0.5, 0.6) is 0 Å². The SMILES string of the molecule is N[C@@H](Cc1ccc(N(CCCl)CCCl)cc1)C(=O)NCC(=O)N(C=O)CC(=O)NCCCCC(O)(P(=O)(O)O)P(=O)(O)O. The van der Waals surface area contributed by atoms with Crippen LogP contribution in [0, 0.1) is 0 Å². The maximum Gasteiger partial charge on any atom is 0.369 e. The molecule has 0 saturated heterocycles. The Morgan fingerprint density at radius 2 is 1.53 bits per heavy atom. The molecule has 43 heavy (non-hydrogen) atoms. The summed E-state index contributed by atoms with van der Waals surface area (Å²) in [6.07, 6.45) is -1.05. The molecule has 0 aliphatic heterocycles. The van der Waals surface area contributed by atoms with Gasteiger partial charge in [0.2, 0.25) is 24.1 Å². The number of nitrogens with one attached hydrogen (secondary N) is 2. The molecule has 0 unspecified atom stereocenters. The first-order valence-electron chi connectivity index (χ1n) is 12.8. The third-order valence-corrected chi connectivity index (χ3v) is 10.4. The van der Waals surface area contributed by atoms with Gasteiger partial charge in [-0.15, -0.1) is 23.2 Å². The third-order valence-electron chi connectivity index (χ3n) is 6.17. The number of hydrogen-bond donors (Lipinski definition) is 8. The molecule has 0 radical (unpaired) electrons. The Balaban J connectivity index is 2.51. The van der Waals surface area contributed by atoms with Crippen molar-refractivity contribution in [2.75, 3.05) is 49.4 Å². The van der Waals surface area contributed by atoms with E-state index in [0.717, 1.165) is 11.3 Å². The predicted molar refractivity (Wildman–Crippen MR) is 158 cm³/mol. The highest BCUT2D eigenvalue weighted by Crippen LogP contribution is 2.69. The van der Waals surface area contributed by atoms with Gasteiger partial charge >= 0.3 is 15.2 Å². The van der Waals surface area contributed by atoms with Gasteiger partial charge in [-0.25, -0.2) is 0 Å². The fourth-order valence-electron chi connectivity index (χ4n) is 3.73. The highest BCUT2D eigenvalue weighted by molar-refractivity contribution is 7.72. The first-order valence-corrected chi connectivity index (χ1v) is 17.1. The normalized spacial score (nSPS) is 12.7. The highest BCUT2D eigenvalue weighted by Gasteiger charge is 2.58. The monoisotopic (exact) mass is 691 g/mol. The second-order valence-corrected chi connectivity index (χ2v) is 14.1. The number of anilines is 1. The van der Waals surface area contributed by atoms with Gasteiger partial charge in [0, 0.05) is 37.1 Å². The highest BCUT2D eigenvalue weighted by atomic mass is 35.5. The molecular weight excluding hydrogens is 655 g/mol. The van der Waals surface area contributed by atoms with Crippen LogP contribution in [0.1, 0.15) is 24.8 Å². The van der Waals surface area contributed by atoms with Crippen molar-refractivity contribution in [2.24, 2.45) is 5.73 Å². The van der Waals surface area contributed by atoms with Crippen LogP contribution >= 0.6 is 38.4 Å². The van der Waals surface area contributed by atoms with Crippen molar-refractivity contribution in [3.8, 4) is 0 Å². The van der Waals surface area contributed by atoms with Crippen molar-refractivity contribution in [2.45, 2.75) is 36.8 Å². The Morgan fingerprint density at radius 3 is 2.02 bits per heavy atom. The zero-order chi connectivity index (χ0) is 32.8. The standard InChI is InChI=1S/C23H37Cl2N5O11P2/c24-8-11-29(12-9-25)18-5-3-17(4-6-18)13-19(26)22(34)28-14-21(33)30(16-31)15-20(32)27-10-2-1-7-23(35,42(36,37)38)43(39,40)41/h3-6,16,19,35H,1-2,7-15,26H2,(H,27,32)(H,28,34)(H2,36,37,38)(H2,39,40,41)/t19-/m0/s1. The number of benzene rings is 1. The van der Waals surface area contributed by atoms with Crippen LogP contribution in [-0.4, -0.2) is 109 Å². The quantitative estimate of drug-likeness (QED) is 0.0362. The molecule has 0 saturated carbocycles. The number of aliphatic hydroxyl groups is 1. The minimum Gasteiger partial charge on any atom is -0.369 e. The number of nitrogens with two attached hydrogens (primary N) is 1. The summed E-state index contributed by atoms with van der Waals surface area (Å²) in [6, 6.07) is 6.28. The van der Waals surface area contributed by atoms with Gasteiger partial charge in [0.25, 0.3) is 5.08 Å². The zero-order valence-electron chi connectivity index (χ0n) is 23.0. The molecule has 0 heterocycles. The van der Waals surface area contributed by atoms with Gasteiger partial charge in [-0.1, -0.05) is 12.1 Å². The number of amides is 4. The van der Waals surface area contributed by atoms with E-state index in [2.05, 4.69) is 10.6 Å². The lowest BCUT2D eigenvalue weighted by Gasteiger charge is -2.29. The van der Waals surface area contributed by atoms with Crippen LogP contribution in [0.25, 0.3) is 0 Å². The van der Waals surface area contributed by atoms with Crippen molar-refractivity contribution in [1.29, 1.82) is 0 Å². The van der Waals surface area contributed by atoms with Gasteiger partial charge in [0.1, 0.15) is 6.54 Å². The molecule has 0 aromatic heterocycles. The Labute approximate surface area is 258 Å². The molecule has 0 aliphatic carbocycles. The van der Waals surface area contributed by atoms with Crippen molar-refractivity contribution >= 4 is 68.2 Å². The van der Waals surface area contributed by atoms with Gasteiger partial charge in [0.15, 0.2) is 0 Å². The van der Waals surface area contributed by atoms with Crippen molar-refractivity contribution < 1.29 is 53.0 Å². The van der Waals surface area contributed by atoms with E-state index in [1.807, 2.05) is 17.0 Å². The first kappa shape index (κ1) is 38.9. The number of alkyl halides is 2. The summed E-state index contributed by atoms with van der Waals surface area (Å²) >= 11 is 11.7. The van der Waals surface area contributed by atoms with Gasteiger partial charge < -0.3 is 45.9 Å². The molecule has 0 bridgehead atoms. The molecule has 0 aliphatic rings. The third kappa shape index (κ3) is 12.4. The first-order chi connectivity index (χ1) is 20.0. The minimum absolute atomic E-state index is 0.0567. The molecule has 1 aromatic carbocycles. The smallest absolute Gasteiger partial charge is 0.369 e. The van der Waals surface area contributed by atoms with E-state index in [1.54, 1.807) is 12.1 Å². The number of carbonyl (C=O) groups excluding carboxylic acids is 4. The predicted octanol–water partition coefficient (Wildman–Crippen LogP) is -0.770. The van der Waals surface area contributed by atoms with Crippen molar-refractivity contribution in [3.05, 3.63) is 29.8 Å². The molecule has 4 amide bonds. The van der Waals surface area contributed by atoms with E-state index in [4.69, 9.17) is 48.5 Å². The summed E-state index contributed by atoms with van der Waals surface area (Å²) in [4.78, 5) is 87.1. The number of imide groups is 1. The van der Waals surface area contributed by atoms with Crippen LogP contribution in [0.2, 0.25) is 0 Å². The summed E-state index contributed by atoms with van der Waals surface area (Å²) < 4.78 is 22.7. The number of rotatable bonds is 20. The van der Waals surface area contributed by atoms with Crippen LogP contribution in [0.3, 0.4) is 0 Å². The van der Waals surface area contributed by atoms with Gasteiger partial charge in [-0.05, 0) is 43.4 Å². The molecular formula is C23H37Cl2N5O11P2. The van der Waals surface area contributed by atoms with Crippen LogP contribution in [-0.2, 0) is 34.7 Å². The molecule has 16 nitrogen and oxygen atoms in total. The fraction of sp³-hybridized carbons (Fsp3) is 0.565. The molecule has 1 atom stereocenters. The van der Waals surface area contributed by atoms with E-state index in [1.165, 1.54) is 0 Å². The zero-order valence-corrected chi connectivity index (χ0v) is 26.4. The topological polar surface area (TPSA) is 260 Å². The van der Waals surface area contributed by atoms with Crippen molar-refractivity contribution in [1.82, 2.24) is 15.5 Å². The van der Waals surface area contributed by atoms with Crippen molar-refractivity contribution in [3.63, 3.8) is 0 Å². The summed E-state index contributed by atoms with van der Waals surface area (Å²) in [5.74, 6) is -1.52. The number of halogens is 2.